The number of aliphatic hydroxyl groups is 1. The molecule has 0 radical (unpaired) electrons. The first-order valence-electron chi connectivity index (χ1n) is 13.0. The topological polar surface area (TPSA) is 66.8 Å². The van der Waals surface area contributed by atoms with E-state index in [4.69, 9.17) is 4.43 Å². The predicted molar refractivity (Wildman–Crippen MR) is 146 cm³/mol. The van der Waals surface area contributed by atoms with Crippen molar-refractivity contribution in [3.8, 4) is 11.8 Å². The molecule has 0 unspecified atom stereocenters. The van der Waals surface area contributed by atoms with Gasteiger partial charge in [0, 0.05) is 18.0 Å². The number of fused-ring (bicyclic) bond motifs is 1. The van der Waals surface area contributed by atoms with E-state index in [0.717, 1.165) is 24.0 Å². The van der Waals surface area contributed by atoms with Crippen LogP contribution < -0.4 is 0 Å². The van der Waals surface area contributed by atoms with Gasteiger partial charge in [-0.25, -0.2) is 0 Å². The Morgan fingerprint density at radius 3 is 2.08 bits per heavy atom. The van der Waals surface area contributed by atoms with Crippen molar-refractivity contribution in [3.05, 3.63) is 70.8 Å². The normalized spacial score (nSPS) is 15.4. The summed E-state index contributed by atoms with van der Waals surface area (Å²) in [5, 5.41) is 10.9. The molecular weight excluding hydrogens is 466 g/mol. The molecule has 0 spiro atoms. The third-order valence-electron chi connectivity index (χ3n) is 6.33. The maximum atomic E-state index is 13.0. The van der Waals surface area contributed by atoms with Gasteiger partial charge in [0.1, 0.15) is 5.60 Å². The quantitative estimate of drug-likeness (QED) is 0.237. The van der Waals surface area contributed by atoms with Crippen molar-refractivity contribution in [2.24, 2.45) is 5.92 Å². The van der Waals surface area contributed by atoms with Crippen LogP contribution in [0.5, 0.6) is 0 Å². The Morgan fingerprint density at radius 2 is 1.56 bits per heavy atom. The Kier molecular flexibility index (Phi) is 8.94. The molecule has 1 heterocycles. The molecule has 2 atom stereocenters. The van der Waals surface area contributed by atoms with Gasteiger partial charge in [-0.1, -0.05) is 69.7 Å². The van der Waals surface area contributed by atoms with Crippen LogP contribution in [-0.4, -0.2) is 42.3 Å². The summed E-state index contributed by atoms with van der Waals surface area (Å²) in [7, 11) is -1.97. The average molecular weight is 506 g/mol. The van der Waals surface area contributed by atoms with E-state index in [-0.39, 0.29) is 30.4 Å². The van der Waals surface area contributed by atoms with Crippen LogP contribution in [-0.2, 0) is 4.43 Å². The van der Waals surface area contributed by atoms with Gasteiger partial charge < -0.3 is 9.53 Å². The van der Waals surface area contributed by atoms with Gasteiger partial charge in [0.15, 0.2) is 8.32 Å². The molecule has 0 bridgehead atoms. The summed E-state index contributed by atoms with van der Waals surface area (Å²) >= 11 is 0. The summed E-state index contributed by atoms with van der Waals surface area (Å²) in [6.45, 7) is 12.8. The Balaban J connectivity index is 1.88. The molecule has 0 fully saturated rings. The first-order valence-corrected chi connectivity index (χ1v) is 16.4. The minimum absolute atomic E-state index is 0.126. The molecule has 36 heavy (non-hydrogen) atoms. The molecule has 1 N–H and O–H groups in total. The lowest BCUT2D eigenvalue weighted by Crippen LogP contribution is -2.38. The van der Waals surface area contributed by atoms with E-state index in [9.17, 15) is 14.7 Å². The standard InChI is InChI=1S/C30H39NO4Si/c1-7-17-30(34,18-8-2)19-16-23-12-11-13-24(20-23)27(35-36(4,5)6)22(3)21-31-28(32)25-14-9-10-15-26(25)29(31)33/h9-15,20,22,27,34H,7-8,17-18,21H2,1-6H3/t22-,27-/m0/s1. The van der Waals surface area contributed by atoms with Crippen molar-refractivity contribution in [1.82, 2.24) is 4.90 Å². The maximum Gasteiger partial charge on any atom is 0.261 e. The third kappa shape index (κ3) is 6.73. The molecule has 3 rings (SSSR count). The molecule has 192 valence electrons. The van der Waals surface area contributed by atoms with Gasteiger partial charge in [-0.05, 0) is 62.3 Å². The molecule has 6 heteroatoms. The van der Waals surface area contributed by atoms with Crippen LogP contribution in [0, 0.1) is 17.8 Å². The lowest BCUT2D eigenvalue weighted by Gasteiger charge is -2.33. The fourth-order valence-electron chi connectivity index (χ4n) is 4.74. The van der Waals surface area contributed by atoms with Crippen LogP contribution in [0.25, 0.3) is 0 Å². The minimum Gasteiger partial charge on any atom is -0.410 e. The van der Waals surface area contributed by atoms with E-state index in [1.54, 1.807) is 24.3 Å². The molecule has 0 aliphatic carbocycles. The maximum absolute atomic E-state index is 13.0. The Labute approximate surface area is 217 Å². The molecule has 1 aliphatic heterocycles. The molecule has 2 aromatic carbocycles. The number of nitrogens with zero attached hydrogens (tertiary/aromatic N) is 1. The SMILES string of the molecule is CCCC(O)(C#Cc1cccc([C@@H](O[Si](C)(C)C)[C@@H](C)CN2C(=O)c3ccccc3C2=O)c1)CCC. The Bertz CT molecular complexity index is 1120. The fraction of sp³-hybridized carbons (Fsp3) is 0.467. The summed E-state index contributed by atoms with van der Waals surface area (Å²) in [4.78, 5) is 27.3. The number of carbonyl (C=O) groups excluding carboxylic acids is 2. The van der Waals surface area contributed by atoms with Gasteiger partial charge in [-0.3, -0.25) is 14.5 Å². The zero-order valence-electron chi connectivity index (χ0n) is 22.4. The van der Waals surface area contributed by atoms with Gasteiger partial charge >= 0.3 is 0 Å². The van der Waals surface area contributed by atoms with Gasteiger partial charge in [-0.15, -0.1) is 0 Å². The monoisotopic (exact) mass is 505 g/mol. The van der Waals surface area contributed by atoms with Crippen LogP contribution in [0.2, 0.25) is 19.6 Å². The number of rotatable bonds is 10. The molecule has 1 aliphatic rings. The smallest absolute Gasteiger partial charge is 0.261 e. The lowest BCUT2D eigenvalue weighted by molar-refractivity contribution is 0.0560. The highest BCUT2D eigenvalue weighted by Gasteiger charge is 2.38. The van der Waals surface area contributed by atoms with Gasteiger partial charge in [0.25, 0.3) is 11.8 Å². The van der Waals surface area contributed by atoms with E-state index in [2.05, 4.69) is 45.3 Å². The highest BCUT2D eigenvalue weighted by molar-refractivity contribution is 6.69. The zero-order valence-corrected chi connectivity index (χ0v) is 23.4. The third-order valence-corrected chi connectivity index (χ3v) is 7.29. The number of amides is 2. The number of hydrogen-bond acceptors (Lipinski definition) is 4. The number of carbonyl (C=O) groups is 2. The molecule has 0 saturated carbocycles. The summed E-state index contributed by atoms with van der Waals surface area (Å²) in [5.41, 5.74) is 1.72. The molecule has 2 aromatic rings. The zero-order chi connectivity index (χ0) is 26.5. The van der Waals surface area contributed by atoms with Crippen LogP contribution in [0.3, 0.4) is 0 Å². The Morgan fingerprint density at radius 1 is 0.972 bits per heavy atom. The van der Waals surface area contributed by atoms with E-state index in [0.29, 0.717) is 24.0 Å². The molecule has 2 amide bonds. The number of imide groups is 1. The summed E-state index contributed by atoms with van der Waals surface area (Å²) < 4.78 is 6.61. The first kappa shape index (κ1) is 27.9. The van der Waals surface area contributed by atoms with E-state index >= 15 is 0 Å². The first-order chi connectivity index (χ1) is 17.0. The van der Waals surface area contributed by atoms with Crippen molar-refractivity contribution >= 4 is 20.1 Å². The van der Waals surface area contributed by atoms with Crippen molar-refractivity contribution in [3.63, 3.8) is 0 Å². The van der Waals surface area contributed by atoms with Gasteiger partial charge in [0.05, 0.1) is 17.2 Å². The molecular formula is C30H39NO4Si. The largest absolute Gasteiger partial charge is 0.410 e. The van der Waals surface area contributed by atoms with Crippen LogP contribution in [0.4, 0.5) is 0 Å². The summed E-state index contributed by atoms with van der Waals surface area (Å²) in [6.07, 6.45) is 2.73. The van der Waals surface area contributed by atoms with E-state index in [1.165, 1.54) is 4.90 Å². The number of hydrogen-bond donors (Lipinski definition) is 1. The van der Waals surface area contributed by atoms with E-state index < -0.39 is 13.9 Å². The van der Waals surface area contributed by atoms with Crippen molar-refractivity contribution in [2.75, 3.05) is 6.54 Å². The molecule has 0 saturated heterocycles. The fourth-order valence-corrected chi connectivity index (χ4v) is 5.87. The van der Waals surface area contributed by atoms with Gasteiger partial charge in [0.2, 0.25) is 0 Å². The van der Waals surface area contributed by atoms with Crippen LogP contribution >= 0.6 is 0 Å². The second-order valence-electron chi connectivity index (χ2n) is 10.8. The summed E-state index contributed by atoms with van der Waals surface area (Å²) in [5.74, 6) is 5.68. The Hall–Kier alpha value is -2.72. The lowest BCUT2D eigenvalue weighted by atomic mass is 9.92. The summed E-state index contributed by atoms with van der Waals surface area (Å²) in [6, 6.07) is 14.9. The van der Waals surface area contributed by atoms with Crippen molar-refractivity contribution < 1.29 is 19.1 Å². The second kappa shape index (κ2) is 11.6. The predicted octanol–water partition coefficient (Wildman–Crippen LogP) is 6.19. The second-order valence-corrected chi connectivity index (χ2v) is 15.3. The highest BCUT2D eigenvalue weighted by Crippen LogP contribution is 2.33. The minimum atomic E-state index is -1.97. The van der Waals surface area contributed by atoms with Crippen LogP contribution in [0.15, 0.2) is 48.5 Å². The molecule has 0 aromatic heterocycles. The van der Waals surface area contributed by atoms with E-state index in [1.807, 2.05) is 31.2 Å². The van der Waals surface area contributed by atoms with Crippen molar-refractivity contribution in [1.29, 1.82) is 0 Å². The average Bonchev–Trinajstić information content (AvgIpc) is 3.06. The molecule has 5 nitrogen and oxygen atoms in total. The van der Waals surface area contributed by atoms with Crippen LogP contribution in [0.1, 0.15) is 84.4 Å². The van der Waals surface area contributed by atoms with Gasteiger partial charge in [-0.2, -0.15) is 0 Å². The highest BCUT2D eigenvalue weighted by atomic mass is 28.4. The van der Waals surface area contributed by atoms with Crippen molar-refractivity contribution in [2.45, 2.75) is 77.8 Å². The number of benzene rings is 2.